The van der Waals surface area contributed by atoms with Crippen LogP contribution in [0.25, 0.3) is 21.3 Å². The fourth-order valence-electron chi connectivity index (χ4n) is 3.57. The summed E-state index contributed by atoms with van der Waals surface area (Å²) in [5.41, 5.74) is 2.49. The summed E-state index contributed by atoms with van der Waals surface area (Å²) in [6, 6.07) is 10.5. The van der Waals surface area contributed by atoms with Crippen molar-refractivity contribution in [1.82, 2.24) is 9.97 Å². The van der Waals surface area contributed by atoms with Gasteiger partial charge in [0.25, 0.3) is 0 Å². The van der Waals surface area contributed by atoms with E-state index >= 15 is 0 Å². The van der Waals surface area contributed by atoms with E-state index in [4.69, 9.17) is 4.74 Å². The van der Waals surface area contributed by atoms with Crippen molar-refractivity contribution in [2.24, 2.45) is 0 Å². The Hall–Kier alpha value is -1.98. The second-order valence-electron chi connectivity index (χ2n) is 6.44. The molecule has 0 aliphatic carbocycles. The van der Waals surface area contributed by atoms with Gasteiger partial charge >= 0.3 is 0 Å². The Morgan fingerprint density at radius 3 is 2.50 bits per heavy atom. The lowest BCUT2D eigenvalue weighted by atomic mass is 10.0. The SMILES string of the molecule is Cc1sc2ncnc(N3CC(C)OC(C)C3)c2c1-c1ccccc1. The van der Waals surface area contributed by atoms with Crippen LogP contribution in [-0.4, -0.2) is 35.3 Å². The van der Waals surface area contributed by atoms with Gasteiger partial charge < -0.3 is 9.64 Å². The van der Waals surface area contributed by atoms with E-state index in [9.17, 15) is 0 Å². The number of ether oxygens (including phenoxy) is 1. The number of thiophene rings is 1. The number of aromatic nitrogens is 2. The summed E-state index contributed by atoms with van der Waals surface area (Å²) in [7, 11) is 0. The summed E-state index contributed by atoms with van der Waals surface area (Å²) in [6.07, 6.45) is 2.10. The molecule has 1 fully saturated rings. The average Bonchev–Trinajstić information content (AvgIpc) is 2.90. The molecule has 0 saturated carbocycles. The van der Waals surface area contributed by atoms with Crippen LogP contribution >= 0.6 is 11.3 Å². The lowest BCUT2D eigenvalue weighted by Gasteiger charge is -2.36. The van der Waals surface area contributed by atoms with E-state index in [1.54, 1.807) is 17.7 Å². The molecule has 0 radical (unpaired) electrons. The van der Waals surface area contributed by atoms with Crippen LogP contribution < -0.4 is 4.90 Å². The minimum Gasteiger partial charge on any atom is -0.372 e. The third-order valence-electron chi connectivity index (χ3n) is 4.43. The van der Waals surface area contributed by atoms with Crippen molar-refractivity contribution in [1.29, 1.82) is 0 Å². The Balaban J connectivity index is 1.91. The summed E-state index contributed by atoms with van der Waals surface area (Å²) >= 11 is 1.74. The minimum atomic E-state index is 0.207. The first-order valence-electron chi connectivity index (χ1n) is 8.33. The number of fused-ring (bicyclic) bond motifs is 1. The molecule has 3 heterocycles. The first-order chi connectivity index (χ1) is 11.6. The third-order valence-corrected chi connectivity index (χ3v) is 5.44. The molecule has 1 saturated heterocycles. The van der Waals surface area contributed by atoms with Crippen LogP contribution in [0, 0.1) is 6.92 Å². The number of nitrogens with zero attached hydrogens (tertiary/aromatic N) is 3. The molecule has 2 unspecified atom stereocenters. The number of rotatable bonds is 2. The molecule has 1 aliphatic rings. The average molecular weight is 339 g/mol. The van der Waals surface area contributed by atoms with Gasteiger partial charge in [-0.25, -0.2) is 9.97 Å². The molecular weight excluding hydrogens is 318 g/mol. The van der Waals surface area contributed by atoms with Crippen molar-refractivity contribution in [2.75, 3.05) is 18.0 Å². The van der Waals surface area contributed by atoms with E-state index in [1.165, 1.54) is 21.4 Å². The van der Waals surface area contributed by atoms with Gasteiger partial charge in [-0.15, -0.1) is 11.3 Å². The van der Waals surface area contributed by atoms with E-state index in [1.807, 2.05) is 0 Å². The van der Waals surface area contributed by atoms with Crippen LogP contribution in [0.5, 0.6) is 0 Å². The van der Waals surface area contributed by atoms with Gasteiger partial charge in [0.15, 0.2) is 0 Å². The number of hydrogen-bond donors (Lipinski definition) is 0. The number of benzene rings is 1. The normalized spacial score (nSPS) is 21.4. The summed E-state index contributed by atoms with van der Waals surface area (Å²) in [6.45, 7) is 8.14. The molecule has 0 N–H and O–H groups in total. The van der Waals surface area contributed by atoms with Crippen molar-refractivity contribution in [3.63, 3.8) is 0 Å². The van der Waals surface area contributed by atoms with Gasteiger partial charge in [-0.05, 0) is 26.3 Å². The second kappa shape index (κ2) is 6.15. The lowest BCUT2D eigenvalue weighted by Crippen LogP contribution is -2.45. The van der Waals surface area contributed by atoms with E-state index in [-0.39, 0.29) is 12.2 Å². The summed E-state index contributed by atoms with van der Waals surface area (Å²) in [4.78, 5) is 13.9. The van der Waals surface area contributed by atoms with Crippen molar-refractivity contribution in [3.05, 3.63) is 41.5 Å². The van der Waals surface area contributed by atoms with Crippen molar-refractivity contribution in [2.45, 2.75) is 33.0 Å². The number of anilines is 1. The first-order valence-corrected chi connectivity index (χ1v) is 9.15. The summed E-state index contributed by atoms with van der Waals surface area (Å²) in [5, 5.41) is 1.17. The zero-order chi connectivity index (χ0) is 16.7. The fourth-order valence-corrected chi connectivity index (χ4v) is 4.58. The maximum absolute atomic E-state index is 5.89. The molecule has 1 aliphatic heterocycles. The monoisotopic (exact) mass is 339 g/mol. The maximum atomic E-state index is 5.89. The predicted octanol–water partition coefficient (Wildman–Crippen LogP) is 4.28. The molecule has 2 atom stereocenters. The molecule has 124 valence electrons. The van der Waals surface area contributed by atoms with Crippen molar-refractivity contribution >= 4 is 27.4 Å². The van der Waals surface area contributed by atoms with Crippen molar-refractivity contribution in [3.8, 4) is 11.1 Å². The third kappa shape index (κ3) is 2.68. The minimum absolute atomic E-state index is 0.207. The van der Waals surface area contributed by atoms with Gasteiger partial charge in [0.1, 0.15) is 17.0 Å². The van der Waals surface area contributed by atoms with Crippen LogP contribution in [0.2, 0.25) is 0 Å². The molecule has 0 spiro atoms. The molecule has 3 aromatic rings. The van der Waals surface area contributed by atoms with Gasteiger partial charge in [0.2, 0.25) is 0 Å². The Bertz CT molecular complexity index is 852. The molecule has 1 aromatic carbocycles. The second-order valence-corrected chi connectivity index (χ2v) is 7.64. The molecule has 4 rings (SSSR count). The summed E-state index contributed by atoms with van der Waals surface area (Å²) < 4.78 is 5.89. The van der Waals surface area contributed by atoms with E-state index in [2.05, 4.69) is 66.0 Å². The molecule has 2 aromatic heterocycles. The van der Waals surface area contributed by atoms with Gasteiger partial charge in [-0.2, -0.15) is 0 Å². The van der Waals surface area contributed by atoms with Gasteiger partial charge in [-0.3, -0.25) is 0 Å². The van der Waals surface area contributed by atoms with Crippen LogP contribution in [0.4, 0.5) is 5.82 Å². The number of aryl methyl sites for hydroxylation is 1. The maximum Gasteiger partial charge on any atom is 0.141 e. The Labute approximate surface area is 146 Å². The quantitative estimate of drug-likeness (QED) is 0.698. The zero-order valence-corrected chi connectivity index (χ0v) is 15.0. The molecule has 4 nitrogen and oxygen atoms in total. The molecular formula is C19H21N3OS. The summed E-state index contributed by atoms with van der Waals surface area (Å²) in [5.74, 6) is 1.03. The van der Waals surface area contributed by atoms with Crippen molar-refractivity contribution < 1.29 is 4.74 Å². The topological polar surface area (TPSA) is 38.2 Å². The van der Waals surface area contributed by atoms with Crippen LogP contribution in [0.15, 0.2) is 36.7 Å². The van der Waals surface area contributed by atoms with Crippen LogP contribution in [0.3, 0.4) is 0 Å². The van der Waals surface area contributed by atoms with E-state index < -0.39 is 0 Å². The zero-order valence-electron chi connectivity index (χ0n) is 14.2. The van der Waals surface area contributed by atoms with Gasteiger partial charge in [0.05, 0.1) is 17.6 Å². The standard InChI is InChI=1S/C19H21N3OS/c1-12-9-22(10-13(2)23-12)18-17-16(15-7-5-4-6-8-15)14(3)24-19(17)21-11-20-18/h4-8,11-13H,9-10H2,1-3H3. The Kier molecular flexibility index (Phi) is 3.98. The van der Waals surface area contributed by atoms with Crippen LogP contribution in [-0.2, 0) is 4.74 Å². The van der Waals surface area contributed by atoms with Gasteiger partial charge in [0, 0.05) is 23.5 Å². The largest absolute Gasteiger partial charge is 0.372 e. The highest BCUT2D eigenvalue weighted by molar-refractivity contribution is 7.19. The highest BCUT2D eigenvalue weighted by atomic mass is 32.1. The highest BCUT2D eigenvalue weighted by Crippen LogP contribution is 2.41. The number of morpholine rings is 1. The molecule has 24 heavy (non-hydrogen) atoms. The van der Waals surface area contributed by atoms with Gasteiger partial charge in [-0.1, -0.05) is 30.3 Å². The predicted molar refractivity (Wildman–Crippen MR) is 99.8 cm³/mol. The molecule has 5 heteroatoms. The highest BCUT2D eigenvalue weighted by Gasteiger charge is 2.26. The lowest BCUT2D eigenvalue weighted by molar-refractivity contribution is -0.00537. The molecule has 0 amide bonds. The fraction of sp³-hybridized carbons (Fsp3) is 0.368. The van der Waals surface area contributed by atoms with E-state index in [0.717, 1.165) is 23.7 Å². The Morgan fingerprint density at radius 2 is 1.79 bits per heavy atom. The Morgan fingerprint density at radius 1 is 1.08 bits per heavy atom. The van der Waals surface area contributed by atoms with E-state index in [0.29, 0.717) is 0 Å². The molecule has 0 bridgehead atoms. The van der Waals surface area contributed by atoms with Crippen LogP contribution in [0.1, 0.15) is 18.7 Å². The first kappa shape index (κ1) is 15.5. The number of hydrogen-bond acceptors (Lipinski definition) is 5. The smallest absolute Gasteiger partial charge is 0.141 e.